The van der Waals surface area contributed by atoms with Gasteiger partial charge in [0.2, 0.25) is 0 Å². The number of hydrogen-bond acceptors (Lipinski definition) is 6. The number of cyclic esters (lactones) is 1. The van der Waals surface area contributed by atoms with Gasteiger partial charge < -0.3 is 19.5 Å². The highest BCUT2D eigenvalue weighted by atomic mass is 19.1. The normalized spacial score (nSPS) is 23.6. The lowest BCUT2D eigenvalue weighted by molar-refractivity contribution is -0.142. The number of ether oxygens (including phenoxy) is 2. The fourth-order valence-electron chi connectivity index (χ4n) is 6.50. The largest absolute Gasteiger partial charge is 0.496 e. The van der Waals surface area contributed by atoms with Gasteiger partial charge in [0.15, 0.2) is 0 Å². The molecule has 226 valence electrons. The maximum atomic E-state index is 14.0. The smallest absolute Gasteiger partial charge is 0.411 e. The van der Waals surface area contributed by atoms with Gasteiger partial charge in [0, 0.05) is 35.8 Å². The van der Waals surface area contributed by atoms with Crippen LogP contribution in [-0.2, 0) is 16.1 Å². The van der Waals surface area contributed by atoms with E-state index in [1.54, 1.807) is 18.9 Å². The van der Waals surface area contributed by atoms with E-state index in [-0.39, 0.29) is 23.9 Å². The Labute approximate surface area is 249 Å². The second-order valence-electron chi connectivity index (χ2n) is 11.7. The van der Waals surface area contributed by atoms with Gasteiger partial charge >= 0.3 is 12.1 Å². The molecule has 0 radical (unpaired) electrons. The number of anilines is 1. The Hall–Kier alpha value is -4.21. The predicted molar refractivity (Wildman–Crippen MR) is 156 cm³/mol. The minimum Gasteiger partial charge on any atom is -0.496 e. The Morgan fingerprint density at radius 3 is 2.35 bits per heavy atom. The van der Waals surface area contributed by atoms with Gasteiger partial charge in [-0.25, -0.2) is 18.6 Å². The number of carboxylic acid groups (broad SMARTS) is 1. The third-order valence-corrected chi connectivity index (χ3v) is 9.13. The number of carbonyl (C=O) groups excluding carboxylic acids is 1. The van der Waals surface area contributed by atoms with Crippen LogP contribution >= 0.6 is 0 Å². The molecule has 3 aliphatic rings. The maximum Gasteiger partial charge on any atom is 0.411 e. The Balaban J connectivity index is 1.34. The van der Waals surface area contributed by atoms with Crippen molar-refractivity contribution in [3.05, 3.63) is 77.0 Å². The van der Waals surface area contributed by atoms with Crippen molar-refractivity contribution in [3.8, 4) is 16.9 Å². The minimum atomic E-state index is -0.835. The molecule has 0 spiro atoms. The average Bonchev–Trinajstić information content (AvgIpc) is 3.24. The summed E-state index contributed by atoms with van der Waals surface area (Å²) in [6, 6.07) is 12.7. The molecule has 10 heteroatoms. The summed E-state index contributed by atoms with van der Waals surface area (Å²) in [6.07, 6.45) is 2.54. The van der Waals surface area contributed by atoms with Crippen LogP contribution < -0.4 is 9.64 Å². The average molecular weight is 592 g/mol. The van der Waals surface area contributed by atoms with Crippen molar-refractivity contribution in [2.75, 3.05) is 25.1 Å². The fourth-order valence-corrected chi connectivity index (χ4v) is 6.50. The zero-order valence-corrected chi connectivity index (χ0v) is 24.3. The van der Waals surface area contributed by atoms with E-state index in [1.165, 1.54) is 12.1 Å². The first-order valence-electron chi connectivity index (χ1n) is 14.8. The number of hydrogen-bond donors (Lipinski definition) is 1. The second-order valence-corrected chi connectivity index (χ2v) is 11.7. The lowest BCUT2D eigenvalue weighted by Gasteiger charge is -2.33. The Morgan fingerprint density at radius 1 is 1.00 bits per heavy atom. The monoisotopic (exact) mass is 591 g/mol. The van der Waals surface area contributed by atoms with Crippen LogP contribution in [0.5, 0.6) is 5.75 Å². The lowest BCUT2D eigenvalue weighted by Crippen LogP contribution is -2.38. The van der Waals surface area contributed by atoms with E-state index in [9.17, 15) is 23.5 Å². The standard InChI is InChI=1S/C33H35F2N3O5/c1-19-31(23-14-24(34)17-25(35)15-23)43-33(41)38(19)18-28-26(9-11-30(36-28)37-12-3-13-37)27-16-22(8-10-29(27)42-2)20-4-6-21(7-5-20)32(39)40/h8-11,14-17,19-21,31H,3-7,12-13,18H2,1-2H3,(H,39,40)/t19-,20-,21-,31-/m0/s1. The van der Waals surface area contributed by atoms with Crippen LogP contribution in [0, 0.1) is 17.6 Å². The molecule has 1 saturated carbocycles. The first-order valence-corrected chi connectivity index (χ1v) is 14.8. The number of methoxy groups -OCH3 is 1. The Morgan fingerprint density at radius 2 is 1.72 bits per heavy atom. The van der Waals surface area contributed by atoms with Crippen molar-refractivity contribution < 1.29 is 33.0 Å². The van der Waals surface area contributed by atoms with Crippen LogP contribution in [0.25, 0.3) is 11.1 Å². The zero-order chi connectivity index (χ0) is 30.2. The summed E-state index contributed by atoms with van der Waals surface area (Å²) in [5, 5.41) is 9.43. The van der Waals surface area contributed by atoms with E-state index in [0.29, 0.717) is 24.3 Å². The van der Waals surface area contributed by atoms with Gasteiger partial charge in [-0.3, -0.25) is 9.69 Å². The first-order chi connectivity index (χ1) is 20.7. The van der Waals surface area contributed by atoms with E-state index in [2.05, 4.69) is 11.0 Å². The third kappa shape index (κ3) is 5.75. The molecule has 8 nitrogen and oxygen atoms in total. The maximum absolute atomic E-state index is 14.0. The number of rotatable bonds is 8. The minimum absolute atomic E-state index is 0.127. The van der Waals surface area contributed by atoms with E-state index in [4.69, 9.17) is 14.5 Å². The number of carboxylic acids is 1. The van der Waals surface area contributed by atoms with Crippen LogP contribution in [0.1, 0.15) is 67.9 Å². The summed E-state index contributed by atoms with van der Waals surface area (Å²) in [5.74, 6) is -0.778. The SMILES string of the molecule is COc1ccc([C@H]2CC[C@H](C(=O)O)CC2)cc1-c1ccc(N2CCC2)nc1CN1C(=O)O[C@H](c2cc(F)cc(F)c2)[C@@H]1C. The van der Waals surface area contributed by atoms with Crippen LogP contribution in [0.15, 0.2) is 48.5 Å². The number of benzene rings is 2. The van der Waals surface area contributed by atoms with Crippen molar-refractivity contribution in [2.45, 2.75) is 63.6 Å². The van der Waals surface area contributed by atoms with Crippen LogP contribution in [0.2, 0.25) is 0 Å². The number of nitrogens with zero attached hydrogens (tertiary/aromatic N) is 3. The van der Waals surface area contributed by atoms with E-state index in [1.807, 2.05) is 24.3 Å². The van der Waals surface area contributed by atoms with Gasteiger partial charge in [-0.2, -0.15) is 0 Å². The molecule has 0 unspecified atom stereocenters. The van der Waals surface area contributed by atoms with Crippen LogP contribution in [-0.4, -0.2) is 53.3 Å². The molecule has 0 bridgehead atoms. The van der Waals surface area contributed by atoms with Gasteiger partial charge in [-0.15, -0.1) is 0 Å². The number of halogens is 2. The topological polar surface area (TPSA) is 92.2 Å². The molecule has 1 N–H and O–H groups in total. The number of carbonyl (C=O) groups is 2. The highest BCUT2D eigenvalue weighted by molar-refractivity contribution is 5.76. The number of pyridine rings is 1. The molecule has 43 heavy (non-hydrogen) atoms. The Kier molecular flexibility index (Phi) is 7.94. The molecule has 3 fully saturated rings. The second kappa shape index (κ2) is 11.8. The van der Waals surface area contributed by atoms with E-state index >= 15 is 0 Å². The molecule has 2 atom stereocenters. The fraction of sp³-hybridized carbons (Fsp3) is 0.424. The molecule has 2 saturated heterocycles. The molecule has 1 aliphatic carbocycles. The van der Waals surface area contributed by atoms with Crippen LogP contribution in [0.4, 0.5) is 19.4 Å². The van der Waals surface area contributed by atoms with Gasteiger partial charge in [0.25, 0.3) is 0 Å². The van der Waals surface area contributed by atoms with Crippen LogP contribution in [0.3, 0.4) is 0 Å². The van der Waals surface area contributed by atoms with Gasteiger partial charge in [-0.1, -0.05) is 6.07 Å². The molecule has 1 amide bonds. The molecule has 6 rings (SSSR count). The molecular weight excluding hydrogens is 556 g/mol. The highest BCUT2D eigenvalue weighted by Crippen LogP contribution is 2.42. The van der Waals surface area contributed by atoms with Crippen molar-refractivity contribution in [1.82, 2.24) is 9.88 Å². The third-order valence-electron chi connectivity index (χ3n) is 9.13. The summed E-state index contributed by atoms with van der Waals surface area (Å²) in [6.45, 7) is 3.73. The summed E-state index contributed by atoms with van der Waals surface area (Å²) in [4.78, 5) is 33.4. The number of aliphatic carboxylic acids is 1. The molecule has 3 heterocycles. The molecule has 2 aromatic carbocycles. The lowest BCUT2D eigenvalue weighted by atomic mass is 9.78. The summed E-state index contributed by atoms with van der Waals surface area (Å²) in [7, 11) is 1.61. The van der Waals surface area contributed by atoms with Crippen molar-refractivity contribution in [3.63, 3.8) is 0 Å². The zero-order valence-electron chi connectivity index (χ0n) is 24.3. The number of aromatic nitrogens is 1. The summed E-state index contributed by atoms with van der Waals surface area (Å²) in [5.41, 5.74) is 3.67. The van der Waals surface area contributed by atoms with Crippen molar-refractivity contribution in [2.24, 2.45) is 5.92 Å². The highest BCUT2D eigenvalue weighted by Gasteiger charge is 2.41. The van der Waals surface area contributed by atoms with E-state index in [0.717, 1.165) is 60.9 Å². The molecule has 2 aliphatic heterocycles. The van der Waals surface area contributed by atoms with Gasteiger partial charge in [-0.05, 0) is 86.9 Å². The van der Waals surface area contributed by atoms with Gasteiger partial charge in [0.05, 0.1) is 31.3 Å². The van der Waals surface area contributed by atoms with Crippen molar-refractivity contribution >= 4 is 17.9 Å². The summed E-state index contributed by atoms with van der Waals surface area (Å²) < 4.78 is 39.4. The quantitative estimate of drug-likeness (QED) is 0.312. The van der Waals surface area contributed by atoms with Crippen molar-refractivity contribution in [1.29, 1.82) is 0 Å². The molecular formula is C33H35F2N3O5. The number of amides is 1. The molecule has 1 aromatic heterocycles. The first kappa shape index (κ1) is 28.9. The predicted octanol–water partition coefficient (Wildman–Crippen LogP) is 6.69. The van der Waals surface area contributed by atoms with Gasteiger partial charge in [0.1, 0.15) is 29.3 Å². The van der Waals surface area contributed by atoms with E-state index < -0.39 is 35.8 Å². The molecule has 3 aromatic rings. The Bertz CT molecular complexity index is 1520. The summed E-state index contributed by atoms with van der Waals surface area (Å²) >= 11 is 0.